The van der Waals surface area contributed by atoms with Crippen LogP contribution in [0.15, 0.2) is 36.4 Å². The first-order valence-electron chi connectivity index (χ1n) is 11.7. The van der Waals surface area contributed by atoms with Crippen molar-refractivity contribution in [1.82, 2.24) is 14.5 Å². The quantitative estimate of drug-likeness (QED) is 0.553. The molecule has 0 unspecified atom stereocenters. The Morgan fingerprint density at radius 3 is 2.52 bits per heavy atom. The molecule has 3 aromatic rings. The first kappa shape index (κ1) is 21.6. The molecule has 2 aliphatic rings. The summed E-state index contributed by atoms with van der Waals surface area (Å²) in [6, 6.07) is 12.1. The van der Waals surface area contributed by atoms with E-state index in [0.717, 1.165) is 73.7 Å². The summed E-state index contributed by atoms with van der Waals surface area (Å²) in [6.07, 6.45) is 1.94. The van der Waals surface area contributed by atoms with Gasteiger partial charge in [-0.15, -0.1) is 0 Å². The van der Waals surface area contributed by atoms with Gasteiger partial charge in [0, 0.05) is 44.5 Å². The molecular formula is C25H30N4O4. The summed E-state index contributed by atoms with van der Waals surface area (Å²) in [7, 11) is 0. The number of carboxylic acid groups (broad SMARTS) is 1. The molecule has 33 heavy (non-hydrogen) atoms. The molecule has 0 saturated carbocycles. The molecule has 3 heterocycles. The Kier molecular flexibility index (Phi) is 6.09. The maximum atomic E-state index is 11.7. The van der Waals surface area contributed by atoms with E-state index in [1.807, 2.05) is 35.8 Å². The van der Waals surface area contributed by atoms with Crippen molar-refractivity contribution in [3.05, 3.63) is 47.8 Å². The van der Waals surface area contributed by atoms with Gasteiger partial charge in [0.2, 0.25) is 5.82 Å². The topological polar surface area (TPSA) is 80.1 Å². The number of benzene rings is 2. The summed E-state index contributed by atoms with van der Waals surface area (Å²) in [5.74, 6) is 0.822. The lowest BCUT2D eigenvalue weighted by molar-refractivity contribution is 0.0678. The molecule has 2 aliphatic heterocycles. The second kappa shape index (κ2) is 9.31. The minimum absolute atomic E-state index is 0.128. The van der Waals surface area contributed by atoms with Crippen LogP contribution in [-0.2, 0) is 6.54 Å². The average molecular weight is 451 g/mol. The molecular weight excluding hydrogens is 420 g/mol. The maximum absolute atomic E-state index is 11.7. The highest BCUT2D eigenvalue weighted by atomic mass is 16.6. The van der Waals surface area contributed by atoms with Gasteiger partial charge in [0.15, 0.2) is 11.5 Å². The number of unbranched alkanes of at least 4 members (excludes halogenated alkanes) is 1. The van der Waals surface area contributed by atoms with Crippen molar-refractivity contribution in [2.75, 3.05) is 50.8 Å². The number of hydrogen-bond donors (Lipinski definition) is 1. The fraction of sp³-hybridized carbons (Fsp3) is 0.440. The zero-order valence-electron chi connectivity index (χ0n) is 19.0. The lowest BCUT2D eigenvalue weighted by Crippen LogP contribution is -2.46. The minimum atomic E-state index is -0.973. The summed E-state index contributed by atoms with van der Waals surface area (Å²) < 4.78 is 13.2. The SMILES string of the molecule is Cc1ccc2c(c1)nc(C(=O)O)n2CCCCN1CCN(c2ccc3c(c2)OCCO3)CC1. The number of aromatic carboxylic acids is 1. The van der Waals surface area contributed by atoms with Gasteiger partial charge >= 0.3 is 5.97 Å². The molecule has 0 spiro atoms. The van der Waals surface area contributed by atoms with E-state index < -0.39 is 5.97 Å². The number of aromatic nitrogens is 2. The van der Waals surface area contributed by atoms with E-state index in [0.29, 0.717) is 19.8 Å². The van der Waals surface area contributed by atoms with Crippen molar-refractivity contribution in [2.45, 2.75) is 26.3 Å². The first-order valence-corrected chi connectivity index (χ1v) is 11.7. The highest BCUT2D eigenvalue weighted by molar-refractivity contribution is 5.90. The molecule has 174 valence electrons. The Labute approximate surface area is 193 Å². The summed E-state index contributed by atoms with van der Waals surface area (Å²) in [6.45, 7) is 8.88. The molecule has 0 amide bonds. The largest absolute Gasteiger partial charge is 0.486 e. The van der Waals surface area contributed by atoms with E-state index in [9.17, 15) is 9.90 Å². The zero-order valence-corrected chi connectivity index (χ0v) is 19.0. The third-order valence-electron chi connectivity index (χ3n) is 6.46. The predicted molar refractivity (Wildman–Crippen MR) is 127 cm³/mol. The van der Waals surface area contributed by atoms with E-state index in [-0.39, 0.29) is 5.82 Å². The van der Waals surface area contributed by atoms with Crippen LogP contribution in [0.5, 0.6) is 11.5 Å². The molecule has 0 atom stereocenters. The van der Waals surface area contributed by atoms with Gasteiger partial charge in [-0.05, 0) is 56.1 Å². The lowest BCUT2D eigenvalue weighted by atomic mass is 10.2. The van der Waals surface area contributed by atoms with Crippen molar-refractivity contribution < 1.29 is 19.4 Å². The third-order valence-corrected chi connectivity index (χ3v) is 6.46. The molecule has 1 fully saturated rings. The van der Waals surface area contributed by atoms with Gasteiger partial charge in [-0.1, -0.05) is 6.07 Å². The van der Waals surface area contributed by atoms with Crippen LogP contribution >= 0.6 is 0 Å². The van der Waals surface area contributed by atoms with Gasteiger partial charge in [0.1, 0.15) is 13.2 Å². The van der Waals surface area contributed by atoms with Crippen LogP contribution in [0.1, 0.15) is 29.0 Å². The number of fused-ring (bicyclic) bond motifs is 2. The molecule has 0 radical (unpaired) electrons. The van der Waals surface area contributed by atoms with E-state index in [2.05, 4.69) is 26.9 Å². The lowest BCUT2D eigenvalue weighted by Gasteiger charge is -2.36. The Bertz CT molecular complexity index is 1150. The van der Waals surface area contributed by atoms with Crippen molar-refractivity contribution >= 4 is 22.7 Å². The number of carbonyl (C=O) groups is 1. The van der Waals surface area contributed by atoms with Gasteiger partial charge in [0.05, 0.1) is 11.0 Å². The molecule has 2 aromatic carbocycles. The van der Waals surface area contributed by atoms with Gasteiger partial charge in [-0.25, -0.2) is 9.78 Å². The van der Waals surface area contributed by atoms with Crippen LogP contribution < -0.4 is 14.4 Å². The number of anilines is 1. The molecule has 1 saturated heterocycles. The van der Waals surface area contributed by atoms with E-state index in [4.69, 9.17) is 9.47 Å². The monoisotopic (exact) mass is 450 g/mol. The molecule has 1 N–H and O–H groups in total. The van der Waals surface area contributed by atoms with Gasteiger partial charge < -0.3 is 24.0 Å². The normalized spacial score (nSPS) is 16.3. The summed E-state index contributed by atoms with van der Waals surface area (Å²) in [5, 5.41) is 9.57. The van der Waals surface area contributed by atoms with E-state index >= 15 is 0 Å². The van der Waals surface area contributed by atoms with Crippen LogP contribution in [0.4, 0.5) is 5.69 Å². The predicted octanol–water partition coefficient (Wildman–Crippen LogP) is 3.42. The number of aryl methyl sites for hydroxylation is 2. The molecule has 8 heteroatoms. The summed E-state index contributed by atoms with van der Waals surface area (Å²) in [4.78, 5) is 20.9. The molecule has 0 bridgehead atoms. The third kappa shape index (κ3) is 4.61. The van der Waals surface area contributed by atoms with Crippen LogP contribution in [0.25, 0.3) is 11.0 Å². The number of piperazine rings is 1. The molecule has 5 rings (SSSR count). The van der Waals surface area contributed by atoms with Gasteiger partial charge in [-0.3, -0.25) is 4.90 Å². The van der Waals surface area contributed by atoms with Crippen molar-refractivity contribution in [2.24, 2.45) is 0 Å². The van der Waals surface area contributed by atoms with Crippen molar-refractivity contribution in [3.63, 3.8) is 0 Å². The number of imidazole rings is 1. The number of ether oxygens (including phenoxy) is 2. The fourth-order valence-electron chi connectivity index (χ4n) is 4.69. The van der Waals surface area contributed by atoms with Crippen molar-refractivity contribution in [1.29, 1.82) is 0 Å². The van der Waals surface area contributed by atoms with Crippen molar-refractivity contribution in [3.8, 4) is 11.5 Å². The van der Waals surface area contributed by atoms with Crippen LogP contribution in [0.3, 0.4) is 0 Å². The average Bonchev–Trinajstić information content (AvgIpc) is 3.20. The van der Waals surface area contributed by atoms with Gasteiger partial charge in [-0.2, -0.15) is 0 Å². The van der Waals surface area contributed by atoms with E-state index in [1.165, 1.54) is 5.69 Å². The number of rotatable bonds is 7. The zero-order chi connectivity index (χ0) is 22.8. The standard InChI is InChI=1S/C25H30N4O4/c1-18-4-6-21-20(16-18)26-24(25(30)31)29(21)9-3-2-8-27-10-12-28(13-11-27)19-5-7-22-23(17-19)33-15-14-32-22/h4-7,16-17H,2-3,8-15H2,1H3,(H,30,31). The maximum Gasteiger partial charge on any atom is 0.372 e. The van der Waals surface area contributed by atoms with Crippen LogP contribution in [0, 0.1) is 6.92 Å². The number of carboxylic acids is 1. The second-order valence-corrected chi connectivity index (χ2v) is 8.75. The molecule has 8 nitrogen and oxygen atoms in total. The first-order chi connectivity index (χ1) is 16.1. The van der Waals surface area contributed by atoms with Crippen LogP contribution in [0.2, 0.25) is 0 Å². The van der Waals surface area contributed by atoms with E-state index in [1.54, 1.807) is 0 Å². The van der Waals surface area contributed by atoms with Crippen LogP contribution in [-0.4, -0.2) is 71.5 Å². The minimum Gasteiger partial charge on any atom is -0.486 e. The Morgan fingerprint density at radius 1 is 0.970 bits per heavy atom. The highest BCUT2D eigenvalue weighted by Gasteiger charge is 2.20. The molecule has 1 aromatic heterocycles. The summed E-state index contributed by atoms with van der Waals surface area (Å²) in [5.41, 5.74) is 3.91. The Morgan fingerprint density at radius 2 is 1.73 bits per heavy atom. The Balaban J connectivity index is 1.12. The highest BCUT2D eigenvalue weighted by Crippen LogP contribution is 2.34. The summed E-state index contributed by atoms with van der Waals surface area (Å²) >= 11 is 0. The molecule has 0 aliphatic carbocycles. The smallest absolute Gasteiger partial charge is 0.372 e. The second-order valence-electron chi connectivity index (χ2n) is 8.75. The number of hydrogen-bond acceptors (Lipinski definition) is 6. The Hall–Kier alpha value is -3.26. The number of nitrogens with zero attached hydrogens (tertiary/aromatic N) is 4. The fourth-order valence-corrected chi connectivity index (χ4v) is 4.69. The van der Waals surface area contributed by atoms with Gasteiger partial charge in [0.25, 0.3) is 0 Å².